The highest BCUT2D eigenvalue weighted by Gasteiger charge is 2.22. The standard InChI is InChI=1S/C15H12N2O4/c1-8(18)16-15-13(20)12(19)14(21-15)11-7-6-9-4-2-3-5-10(9)17-11/h2-7,19-20H,1H3,(H,16,18). The Labute approximate surface area is 119 Å². The van der Waals surface area contributed by atoms with E-state index in [0.29, 0.717) is 5.69 Å². The SMILES string of the molecule is CC(=O)Nc1oc(-c2ccc3ccccc3n2)c(O)c1O. The molecule has 0 aliphatic heterocycles. The third-order valence-corrected chi connectivity index (χ3v) is 2.98. The van der Waals surface area contributed by atoms with Gasteiger partial charge in [0.25, 0.3) is 0 Å². The van der Waals surface area contributed by atoms with Crippen molar-refractivity contribution in [1.29, 1.82) is 0 Å². The fourth-order valence-electron chi connectivity index (χ4n) is 2.02. The lowest BCUT2D eigenvalue weighted by Gasteiger charge is -2.00. The molecule has 0 saturated heterocycles. The summed E-state index contributed by atoms with van der Waals surface area (Å²) >= 11 is 0. The average molecular weight is 284 g/mol. The van der Waals surface area contributed by atoms with Crippen molar-refractivity contribution >= 4 is 22.7 Å². The summed E-state index contributed by atoms with van der Waals surface area (Å²) in [6, 6.07) is 11.0. The van der Waals surface area contributed by atoms with Gasteiger partial charge < -0.3 is 14.6 Å². The Balaban J connectivity index is 2.11. The van der Waals surface area contributed by atoms with Gasteiger partial charge in [0, 0.05) is 12.3 Å². The van der Waals surface area contributed by atoms with Gasteiger partial charge in [-0.1, -0.05) is 24.3 Å². The molecule has 6 nitrogen and oxygen atoms in total. The Kier molecular flexibility index (Phi) is 2.98. The van der Waals surface area contributed by atoms with Crippen LogP contribution in [-0.4, -0.2) is 21.1 Å². The maximum atomic E-state index is 11.0. The number of aromatic hydroxyl groups is 2. The highest BCUT2D eigenvalue weighted by atomic mass is 16.4. The Bertz CT molecular complexity index is 839. The molecule has 1 amide bonds. The largest absolute Gasteiger partial charge is 0.501 e. The van der Waals surface area contributed by atoms with Crippen LogP contribution in [0.3, 0.4) is 0 Å². The Morgan fingerprint density at radius 1 is 1.14 bits per heavy atom. The van der Waals surface area contributed by atoms with Crippen LogP contribution in [0.1, 0.15) is 6.92 Å². The number of benzene rings is 1. The molecular formula is C15H12N2O4. The first-order chi connectivity index (χ1) is 10.1. The highest BCUT2D eigenvalue weighted by molar-refractivity contribution is 5.90. The van der Waals surface area contributed by atoms with Crippen LogP contribution in [-0.2, 0) is 4.79 Å². The van der Waals surface area contributed by atoms with E-state index in [4.69, 9.17) is 4.42 Å². The van der Waals surface area contributed by atoms with E-state index < -0.39 is 17.4 Å². The molecule has 3 aromatic rings. The van der Waals surface area contributed by atoms with E-state index >= 15 is 0 Å². The molecule has 0 aliphatic rings. The second kappa shape index (κ2) is 4.82. The molecule has 2 aromatic heterocycles. The van der Waals surface area contributed by atoms with Crippen molar-refractivity contribution in [3.63, 3.8) is 0 Å². The minimum atomic E-state index is -0.518. The van der Waals surface area contributed by atoms with E-state index in [1.54, 1.807) is 6.07 Å². The van der Waals surface area contributed by atoms with Gasteiger partial charge in [-0.05, 0) is 12.1 Å². The smallest absolute Gasteiger partial charge is 0.246 e. The van der Waals surface area contributed by atoms with Gasteiger partial charge in [0.15, 0.2) is 0 Å². The number of nitrogens with zero attached hydrogens (tertiary/aromatic N) is 1. The molecule has 0 aliphatic carbocycles. The van der Waals surface area contributed by atoms with Crippen molar-refractivity contribution in [2.45, 2.75) is 6.92 Å². The summed E-state index contributed by atoms with van der Waals surface area (Å²) in [5, 5.41) is 22.9. The van der Waals surface area contributed by atoms with Crippen LogP contribution in [0.2, 0.25) is 0 Å². The third kappa shape index (κ3) is 2.27. The first kappa shape index (κ1) is 13.0. The molecule has 0 atom stereocenters. The molecule has 6 heteroatoms. The molecule has 1 aromatic carbocycles. The van der Waals surface area contributed by atoms with Gasteiger partial charge in [-0.15, -0.1) is 0 Å². The normalized spacial score (nSPS) is 10.7. The first-order valence-electron chi connectivity index (χ1n) is 6.24. The molecule has 0 fully saturated rings. The number of pyridine rings is 1. The predicted molar refractivity (Wildman–Crippen MR) is 77.1 cm³/mol. The minimum absolute atomic E-state index is 0.00185. The first-order valence-corrected chi connectivity index (χ1v) is 6.24. The average Bonchev–Trinajstić information content (AvgIpc) is 2.75. The zero-order valence-electron chi connectivity index (χ0n) is 11.1. The number of fused-ring (bicyclic) bond motifs is 1. The zero-order valence-corrected chi connectivity index (χ0v) is 11.1. The van der Waals surface area contributed by atoms with Gasteiger partial charge in [0.2, 0.25) is 29.1 Å². The van der Waals surface area contributed by atoms with Crippen LogP contribution >= 0.6 is 0 Å². The lowest BCUT2D eigenvalue weighted by atomic mass is 10.2. The Hall–Kier alpha value is -3.02. The third-order valence-electron chi connectivity index (χ3n) is 2.98. The van der Waals surface area contributed by atoms with Gasteiger partial charge in [-0.2, -0.15) is 0 Å². The predicted octanol–water partition coefficient (Wildman–Crippen LogP) is 2.86. The monoisotopic (exact) mass is 284 g/mol. The van der Waals surface area contributed by atoms with Crippen molar-refractivity contribution in [3.8, 4) is 23.0 Å². The number of hydrogen-bond donors (Lipinski definition) is 3. The van der Waals surface area contributed by atoms with Gasteiger partial charge >= 0.3 is 0 Å². The van der Waals surface area contributed by atoms with Crippen molar-refractivity contribution in [2.24, 2.45) is 0 Å². The number of anilines is 1. The van der Waals surface area contributed by atoms with Gasteiger partial charge in [-0.3, -0.25) is 10.1 Å². The second-order valence-electron chi connectivity index (χ2n) is 4.53. The van der Waals surface area contributed by atoms with Crippen molar-refractivity contribution < 1.29 is 19.4 Å². The highest BCUT2D eigenvalue weighted by Crippen LogP contribution is 2.44. The van der Waals surface area contributed by atoms with E-state index in [1.807, 2.05) is 30.3 Å². The van der Waals surface area contributed by atoms with E-state index in [2.05, 4.69) is 10.3 Å². The fourth-order valence-corrected chi connectivity index (χ4v) is 2.02. The Morgan fingerprint density at radius 2 is 1.90 bits per heavy atom. The summed E-state index contributed by atoms with van der Waals surface area (Å²) in [6.07, 6.45) is 0. The van der Waals surface area contributed by atoms with Crippen molar-refractivity contribution in [2.75, 3.05) is 5.32 Å². The van der Waals surface area contributed by atoms with Crippen LogP contribution in [0.25, 0.3) is 22.4 Å². The van der Waals surface area contributed by atoms with Crippen LogP contribution in [0, 0.1) is 0 Å². The van der Waals surface area contributed by atoms with Crippen LogP contribution in [0.5, 0.6) is 11.5 Å². The molecule has 3 N–H and O–H groups in total. The minimum Gasteiger partial charge on any atom is -0.501 e. The molecule has 2 heterocycles. The van der Waals surface area contributed by atoms with E-state index in [9.17, 15) is 15.0 Å². The van der Waals surface area contributed by atoms with Crippen LogP contribution in [0.15, 0.2) is 40.8 Å². The summed E-state index contributed by atoms with van der Waals surface area (Å²) in [7, 11) is 0. The van der Waals surface area contributed by atoms with Crippen molar-refractivity contribution in [1.82, 2.24) is 4.98 Å². The molecular weight excluding hydrogens is 272 g/mol. The van der Waals surface area contributed by atoms with E-state index in [1.165, 1.54) is 6.92 Å². The second-order valence-corrected chi connectivity index (χ2v) is 4.53. The summed E-state index contributed by atoms with van der Waals surface area (Å²) < 4.78 is 5.30. The van der Waals surface area contributed by atoms with Crippen LogP contribution in [0.4, 0.5) is 5.88 Å². The van der Waals surface area contributed by atoms with E-state index in [-0.39, 0.29) is 11.6 Å². The maximum Gasteiger partial charge on any atom is 0.246 e. The summed E-state index contributed by atoms with van der Waals surface area (Å²) in [6.45, 7) is 1.27. The quantitative estimate of drug-likeness (QED) is 0.672. The molecule has 3 rings (SSSR count). The molecule has 106 valence electrons. The van der Waals surface area contributed by atoms with Gasteiger partial charge in [0.05, 0.1) is 5.52 Å². The number of para-hydroxylation sites is 1. The van der Waals surface area contributed by atoms with E-state index in [0.717, 1.165) is 10.9 Å². The lowest BCUT2D eigenvalue weighted by molar-refractivity contribution is -0.114. The zero-order chi connectivity index (χ0) is 15.0. The molecule has 0 spiro atoms. The number of rotatable bonds is 2. The number of carbonyl (C=O) groups is 1. The topological polar surface area (TPSA) is 95.6 Å². The number of amides is 1. The molecule has 0 bridgehead atoms. The summed E-state index contributed by atoms with van der Waals surface area (Å²) in [5.74, 6) is -1.60. The molecule has 0 saturated carbocycles. The molecule has 0 radical (unpaired) electrons. The number of hydrogen-bond acceptors (Lipinski definition) is 5. The fraction of sp³-hybridized carbons (Fsp3) is 0.0667. The molecule has 0 unspecified atom stereocenters. The molecule has 21 heavy (non-hydrogen) atoms. The Morgan fingerprint density at radius 3 is 2.67 bits per heavy atom. The number of nitrogens with one attached hydrogen (secondary N) is 1. The van der Waals surface area contributed by atoms with Crippen LogP contribution < -0.4 is 5.32 Å². The summed E-state index contributed by atoms with van der Waals surface area (Å²) in [4.78, 5) is 15.4. The number of furan rings is 1. The number of aromatic nitrogens is 1. The number of carbonyl (C=O) groups excluding carboxylic acids is 1. The summed E-state index contributed by atoms with van der Waals surface area (Å²) in [5.41, 5.74) is 1.09. The van der Waals surface area contributed by atoms with Gasteiger partial charge in [0.1, 0.15) is 5.69 Å². The van der Waals surface area contributed by atoms with Crippen molar-refractivity contribution in [3.05, 3.63) is 36.4 Å². The maximum absolute atomic E-state index is 11.0. The van der Waals surface area contributed by atoms with Gasteiger partial charge in [-0.25, -0.2) is 4.98 Å². The lowest BCUT2D eigenvalue weighted by Crippen LogP contribution is -2.04.